The Hall–Kier alpha value is -2.14. The molecule has 1 aliphatic rings. The Morgan fingerprint density at radius 3 is 2.41 bits per heavy atom. The average Bonchev–Trinajstić information content (AvgIpc) is 2.84. The second-order valence-corrected chi connectivity index (χ2v) is 7.99. The highest BCUT2D eigenvalue weighted by atomic mass is 16.5. The molecule has 1 aliphatic heterocycles. The van der Waals surface area contributed by atoms with Gasteiger partial charge < -0.3 is 15.4 Å². The zero-order chi connectivity index (χ0) is 20.2. The van der Waals surface area contributed by atoms with Crippen LogP contribution in [-0.2, 0) is 4.65 Å². The van der Waals surface area contributed by atoms with E-state index in [1.807, 2.05) is 45.0 Å². The third kappa shape index (κ3) is 4.59. The first-order valence-corrected chi connectivity index (χ1v) is 9.75. The maximum absolute atomic E-state index is 7.68. The zero-order valence-electron chi connectivity index (χ0n) is 17.7. The summed E-state index contributed by atoms with van der Waals surface area (Å²) in [6, 6.07) is 12.0. The van der Waals surface area contributed by atoms with Gasteiger partial charge in [0.25, 0.3) is 0 Å². The summed E-state index contributed by atoms with van der Waals surface area (Å²) in [5, 5.41) is 11.0. The number of pyridine rings is 1. The molecule has 2 N–H and O–H groups in total. The van der Waals surface area contributed by atoms with E-state index in [4.69, 9.17) is 10.1 Å². The van der Waals surface area contributed by atoms with Crippen LogP contribution in [0.3, 0.4) is 0 Å². The normalized spacial score (nSPS) is 17.1. The van der Waals surface area contributed by atoms with Gasteiger partial charge in [0.05, 0.1) is 5.60 Å². The fourth-order valence-corrected chi connectivity index (χ4v) is 3.21. The van der Waals surface area contributed by atoms with Crippen LogP contribution in [0, 0.1) is 17.7 Å². The van der Waals surface area contributed by atoms with E-state index in [0.29, 0.717) is 0 Å². The van der Waals surface area contributed by atoms with Crippen molar-refractivity contribution in [3.8, 4) is 0 Å². The van der Waals surface area contributed by atoms with Crippen molar-refractivity contribution < 1.29 is 4.65 Å². The molecule has 144 valence electrons. The summed E-state index contributed by atoms with van der Waals surface area (Å²) >= 11 is 0. The largest absolute Gasteiger partial charge is 0.426 e. The smallest absolute Gasteiger partial charge is 0.328 e. The third-order valence-electron chi connectivity index (χ3n) is 5.52. The van der Waals surface area contributed by atoms with Crippen molar-refractivity contribution >= 4 is 30.1 Å². The van der Waals surface area contributed by atoms with Crippen LogP contribution in [0.15, 0.2) is 36.4 Å². The fourth-order valence-electron chi connectivity index (χ4n) is 3.21. The number of benzene rings is 1. The van der Waals surface area contributed by atoms with E-state index in [1.54, 1.807) is 0 Å². The summed E-state index contributed by atoms with van der Waals surface area (Å²) in [5.41, 5.74) is 3.77. The van der Waals surface area contributed by atoms with E-state index in [-0.39, 0.29) is 17.9 Å². The molecule has 0 atom stereocenters. The van der Waals surface area contributed by atoms with E-state index < -0.39 is 0 Å². The van der Waals surface area contributed by atoms with E-state index in [9.17, 15) is 0 Å². The molecular formula is C22H32BN3O. The quantitative estimate of drug-likeness (QED) is 0.579. The van der Waals surface area contributed by atoms with Gasteiger partial charge in [0, 0.05) is 23.2 Å². The van der Waals surface area contributed by atoms with Gasteiger partial charge in [-0.1, -0.05) is 45.9 Å². The molecule has 4 nitrogen and oxygen atoms in total. The average molecular weight is 365 g/mol. The minimum Gasteiger partial charge on any atom is -0.426 e. The zero-order valence-corrected chi connectivity index (χ0v) is 17.7. The molecule has 0 spiro atoms. The Labute approximate surface area is 164 Å². The van der Waals surface area contributed by atoms with Gasteiger partial charge in [-0.05, 0) is 56.2 Å². The van der Waals surface area contributed by atoms with E-state index >= 15 is 0 Å². The number of anilines is 2. The Bertz CT molecular complexity index is 786. The van der Waals surface area contributed by atoms with Crippen molar-refractivity contribution in [1.29, 1.82) is 5.41 Å². The van der Waals surface area contributed by atoms with Crippen LogP contribution >= 0.6 is 0 Å². The van der Waals surface area contributed by atoms with Crippen LogP contribution in [0.1, 0.15) is 52.8 Å². The Balaban J connectivity index is 0.00000126. The SMILES string of the molecule is CC.Cc1cccc(Nc2cc(B3CC(C)(C)C(C)(C)O3)ccc2C=N)n1. The summed E-state index contributed by atoms with van der Waals surface area (Å²) < 4.78 is 6.35. The van der Waals surface area contributed by atoms with Crippen molar-refractivity contribution in [3.05, 3.63) is 47.7 Å². The fraction of sp³-hybridized carbons (Fsp3) is 0.455. The van der Waals surface area contributed by atoms with Gasteiger partial charge in [0.2, 0.25) is 0 Å². The molecule has 27 heavy (non-hydrogen) atoms. The van der Waals surface area contributed by atoms with Gasteiger partial charge in [-0.15, -0.1) is 0 Å². The third-order valence-corrected chi connectivity index (χ3v) is 5.52. The van der Waals surface area contributed by atoms with Gasteiger partial charge in [0.1, 0.15) is 5.82 Å². The standard InChI is InChI=1S/C20H26BN3O.C2H6/c1-14-7-6-8-18(23-14)24-17-11-16(10-9-15(17)12-22)21-13-19(2,3)20(4,5)25-21;1-2/h6-12,22H,13H2,1-5H3,(H,23,24);1-2H3. The molecule has 0 amide bonds. The second-order valence-electron chi connectivity index (χ2n) is 7.99. The Morgan fingerprint density at radius 1 is 1.15 bits per heavy atom. The predicted octanol–water partition coefficient (Wildman–Crippen LogP) is 5.19. The molecular weight excluding hydrogens is 333 g/mol. The van der Waals surface area contributed by atoms with Crippen LogP contribution in [0.5, 0.6) is 0 Å². The molecule has 1 fully saturated rings. The van der Waals surface area contributed by atoms with Crippen molar-refractivity contribution in [3.63, 3.8) is 0 Å². The predicted molar refractivity (Wildman–Crippen MR) is 117 cm³/mol. The molecule has 1 saturated heterocycles. The number of nitrogens with zero attached hydrogens (tertiary/aromatic N) is 1. The van der Waals surface area contributed by atoms with E-state index in [0.717, 1.165) is 34.5 Å². The molecule has 0 saturated carbocycles. The lowest BCUT2D eigenvalue weighted by molar-refractivity contribution is 0.0375. The number of hydrogen-bond acceptors (Lipinski definition) is 4. The van der Waals surface area contributed by atoms with Crippen LogP contribution in [-0.4, -0.2) is 23.7 Å². The number of nitrogens with one attached hydrogen (secondary N) is 2. The minimum absolute atomic E-state index is 0.0656. The number of rotatable bonds is 4. The van der Waals surface area contributed by atoms with Crippen LogP contribution in [0.2, 0.25) is 6.32 Å². The highest BCUT2D eigenvalue weighted by Gasteiger charge is 2.49. The topological polar surface area (TPSA) is 58.0 Å². The van der Waals surface area contributed by atoms with Crippen LogP contribution in [0.25, 0.3) is 0 Å². The van der Waals surface area contributed by atoms with Gasteiger partial charge in [-0.2, -0.15) is 0 Å². The first-order valence-electron chi connectivity index (χ1n) is 9.75. The molecule has 0 aliphatic carbocycles. The van der Waals surface area contributed by atoms with Crippen molar-refractivity contribution in [2.75, 3.05) is 5.32 Å². The van der Waals surface area contributed by atoms with Crippen LogP contribution < -0.4 is 10.8 Å². The molecule has 5 heteroatoms. The highest BCUT2D eigenvalue weighted by molar-refractivity contribution is 6.68. The van der Waals surface area contributed by atoms with E-state index in [1.165, 1.54) is 6.21 Å². The van der Waals surface area contributed by atoms with Crippen molar-refractivity contribution in [2.45, 2.75) is 60.4 Å². The first-order chi connectivity index (χ1) is 12.7. The van der Waals surface area contributed by atoms with Gasteiger partial charge in [0.15, 0.2) is 0 Å². The summed E-state index contributed by atoms with van der Waals surface area (Å²) in [4.78, 5) is 4.50. The minimum atomic E-state index is -0.163. The summed E-state index contributed by atoms with van der Waals surface area (Å²) in [5.74, 6) is 0.785. The molecule has 0 unspecified atom stereocenters. The number of aromatic nitrogens is 1. The van der Waals surface area contributed by atoms with Crippen LogP contribution in [0.4, 0.5) is 11.5 Å². The Morgan fingerprint density at radius 2 is 1.85 bits per heavy atom. The lowest BCUT2D eigenvalue weighted by Gasteiger charge is -2.34. The number of hydrogen-bond donors (Lipinski definition) is 2. The van der Waals surface area contributed by atoms with Gasteiger partial charge in [-0.25, -0.2) is 4.98 Å². The van der Waals surface area contributed by atoms with Gasteiger partial charge >= 0.3 is 6.92 Å². The van der Waals surface area contributed by atoms with E-state index in [2.05, 4.69) is 50.1 Å². The maximum atomic E-state index is 7.68. The molecule has 1 aromatic heterocycles. The van der Waals surface area contributed by atoms with Gasteiger partial charge in [-0.3, -0.25) is 0 Å². The molecule has 2 heterocycles. The Kier molecular flexibility index (Phi) is 6.48. The molecule has 0 radical (unpaired) electrons. The molecule has 0 bridgehead atoms. The second kappa shape index (κ2) is 8.26. The summed E-state index contributed by atoms with van der Waals surface area (Å²) in [6.07, 6.45) is 2.34. The number of aryl methyl sites for hydroxylation is 1. The lowest BCUT2D eigenvalue weighted by Crippen LogP contribution is -2.36. The summed E-state index contributed by atoms with van der Waals surface area (Å²) in [7, 11) is 0. The molecule has 3 rings (SSSR count). The van der Waals surface area contributed by atoms with Crippen molar-refractivity contribution in [2.24, 2.45) is 5.41 Å². The summed E-state index contributed by atoms with van der Waals surface area (Å²) in [6.45, 7) is 14.9. The lowest BCUT2D eigenvalue weighted by atomic mass is 9.54. The van der Waals surface area contributed by atoms with Crippen molar-refractivity contribution in [1.82, 2.24) is 4.98 Å². The first kappa shape index (κ1) is 21.2. The monoisotopic (exact) mass is 365 g/mol. The molecule has 2 aromatic rings. The molecule has 1 aromatic carbocycles. The highest BCUT2D eigenvalue weighted by Crippen LogP contribution is 2.45. The maximum Gasteiger partial charge on any atom is 0.328 e.